The van der Waals surface area contributed by atoms with Crippen molar-refractivity contribution < 1.29 is 35.5 Å². The number of rotatable bonds is 8. The number of sulfone groups is 1. The molecule has 162 valence electrons. The van der Waals surface area contributed by atoms with Crippen molar-refractivity contribution in [1.82, 2.24) is 15.5 Å². The van der Waals surface area contributed by atoms with Gasteiger partial charge in [-0.05, 0) is 31.2 Å². The Hall–Kier alpha value is -3.22. The zero-order chi connectivity index (χ0) is 22.5. The van der Waals surface area contributed by atoms with E-state index in [1.807, 2.05) is 0 Å². The zero-order valence-electron chi connectivity index (χ0n) is 15.8. The highest BCUT2D eigenvalue weighted by molar-refractivity contribution is 7.90. The van der Waals surface area contributed by atoms with E-state index in [-0.39, 0.29) is 23.0 Å². The number of carbonyl (C=O) groups is 1. The molecule has 9 nitrogen and oxygen atoms in total. The van der Waals surface area contributed by atoms with Crippen LogP contribution in [0.5, 0.6) is 0 Å². The molecule has 0 radical (unpaired) electrons. The SMILES string of the molecule is CCOC(=O)CN/C(=C\C(=N)C(F)(F)F)c1nnc(-c2cccc(S(C)(=O)=O)c2)o1. The Morgan fingerprint density at radius 2 is 2.03 bits per heavy atom. The zero-order valence-corrected chi connectivity index (χ0v) is 16.6. The minimum absolute atomic E-state index is 0.0187. The minimum Gasteiger partial charge on any atom is -0.465 e. The van der Waals surface area contributed by atoms with Crippen molar-refractivity contribution in [3.63, 3.8) is 0 Å². The molecule has 0 aliphatic heterocycles. The van der Waals surface area contributed by atoms with Gasteiger partial charge in [0.1, 0.15) is 18.0 Å². The third kappa shape index (κ3) is 6.14. The summed E-state index contributed by atoms with van der Waals surface area (Å²) < 4.78 is 71.7. The fraction of sp³-hybridized carbons (Fsp3) is 0.294. The van der Waals surface area contributed by atoms with Crippen molar-refractivity contribution in [2.24, 2.45) is 0 Å². The molecule has 1 aromatic carbocycles. The summed E-state index contributed by atoms with van der Waals surface area (Å²) in [7, 11) is -3.52. The van der Waals surface area contributed by atoms with Crippen LogP contribution in [0.15, 0.2) is 39.7 Å². The number of ether oxygens (including phenoxy) is 1. The van der Waals surface area contributed by atoms with E-state index in [2.05, 4.69) is 15.5 Å². The summed E-state index contributed by atoms with van der Waals surface area (Å²) in [5.74, 6) is -1.35. The van der Waals surface area contributed by atoms with E-state index < -0.39 is 45.8 Å². The van der Waals surface area contributed by atoms with Crippen LogP contribution in [0.2, 0.25) is 0 Å². The van der Waals surface area contributed by atoms with Gasteiger partial charge in [-0.3, -0.25) is 10.2 Å². The smallest absolute Gasteiger partial charge is 0.432 e. The molecule has 1 heterocycles. The van der Waals surface area contributed by atoms with Crippen molar-refractivity contribution in [2.75, 3.05) is 19.4 Å². The van der Waals surface area contributed by atoms with Crippen LogP contribution in [0.25, 0.3) is 17.2 Å². The van der Waals surface area contributed by atoms with Crippen LogP contribution in [-0.4, -0.2) is 55.9 Å². The van der Waals surface area contributed by atoms with Gasteiger partial charge < -0.3 is 14.5 Å². The molecule has 2 rings (SSSR count). The maximum atomic E-state index is 12.8. The van der Waals surface area contributed by atoms with E-state index in [9.17, 15) is 26.4 Å². The summed E-state index contributed by atoms with van der Waals surface area (Å²) in [6.45, 7) is 1.12. The second kappa shape index (κ2) is 9.07. The number of carbonyl (C=O) groups excluding carboxylic acids is 1. The highest BCUT2D eigenvalue weighted by Gasteiger charge is 2.33. The summed E-state index contributed by atoms with van der Waals surface area (Å²) in [6.07, 6.45) is -3.54. The lowest BCUT2D eigenvalue weighted by molar-refractivity contribution is -0.141. The molecule has 0 spiro atoms. The quantitative estimate of drug-likeness (QED) is 0.465. The normalized spacial score (nSPS) is 12.5. The Bertz CT molecular complexity index is 1080. The first-order chi connectivity index (χ1) is 13.9. The molecule has 0 fully saturated rings. The van der Waals surface area contributed by atoms with E-state index in [1.165, 1.54) is 24.3 Å². The second-order valence-electron chi connectivity index (χ2n) is 5.84. The maximum absolute atomic E-state index is 12.8. The molecule has 0 aliphatic carbocycles. The first-order valence-electron chi connectivity index (χ1n) is 8.33. The van der Waals surface area contributed by atoms with E-state index in [4.69, 9.17) is 14.6 Å². The molecular weight excluding hydrogens is 429 g/mol. The number of alkyl halides is 3. The molecule has 2 N–H and O–H groups in total. The Morgan fingerprint density at radius 3 is 2.63 bits per heavy atom. The van der Waals surface area contributed by atoms with Crippen LogP contribution >= 0.6 is 0 Å². The number of hydrogen-bond acceptors (Lipinski definition) is 9. The molecule has 0 amide bonds. The Balaban J connectivity index is 2.39. The van der Waals surface area contributed by atoms with Gasteiger partial charge in [0, 0.05) is 11.8 Å². The molecule has 0 unspecified atom stereocenters. The largest absolute Gasteiger partial charge is 0.465 e. The lowest BCUT2D eigenvalue weighted by Crippen LogP contribution is -2.26. The number of aromatic nitrogens is 2. The van der Waals surface area contributed by atoms with E-state index >= 15 is 0 Å². The standard InChI is InChI=1S/C17H17F3N4O5S/c1-3-28-14(25)9-22-12(8-13(21)17(18,19)20)16-24-23-15(29-16)10-5-4-6-11(7-10)30(2,26)27/h4-8,21-22H,3,9H2,1-2H3/b12-8-,21-13?. The molecule has 0 bridgehead atoms. The predicted octanol–water partition coefficient (Wildman–Crippen LogP) is 2.22. The van der Waals surface area contributed by atoms with Gasteiger partial charge in [-0.25, -0.2) is 8.42 Å². The average Bonchev–Trinajstić information content (AvgIpc) is 3.14. The van der Waals surface area contributed by atoms with Crippen molar-refractivity contribution in [1.29, 1.82) is 5.41 Å². The first-order valence-corrected chi connectivity index (χ1v) is 10.2. The average molecular weight is 446 g/mol. The van der Waals surface area contributed by atoms with Gasteiger partial charge in [0.25, 0.3) is 5.89 Å². The van der Waals surface area contributed by atoms with Crippen LogP contribution in [0.1, 0.15) is 12.8 Å². The number of allylic oxidation sites excluding steroid dienone is 1. The van der Waals surface area contributed by atoms with E-state index in [0.29, 0.717) is 6.08 Å². The molecule has 1 aromatic heterocycles. The third-order valence-electron chi connectivity index (χ3n) is 3.49. The van der Waals surface area contributed by atoms with Gasteiger partial charge in [0.15, 0.2) is 9.84 Å². The topological polar surface area (TPSA) is 135 Å². The van der Waals surface area contributed by atoms with Crippen LogP contribution in [0.3, 0.4) is 0 Å². The Morgan fingerprint density at radius 1 is 1.33 bits per heavy atom. The number of halogens is 3. The summed E-state index contributed by atoms with van der Waals surface area (Å²) >= 11 is 0. The predicted molar refractivity (Wildman–Crippen MR) is 99.2 cm³/mol. The van der Waals surface area contributed by atoms with Crippen molar-refractivity contribution in [3.8, 4) is 11.5 Å². The summed E-state index contributed by atoms with van der Waals surface area (Å²) in [5.41, 5.74) is -1.93. The molecular formula is C17H17F3N4O5S. The number of nitrogens with zero attached hydrogens (tertiary/aromatic N) is 2. The van der Waals surface area contributed by atoms with Crippen LogP contribution < -0.4 is 5.32 Å². The Labute approximate surface area is 169 Å². The molecule has 0 aliphatic rings. The molecule has 30 heavy (non-hydrogen) atoms. The molecule has 13 heteroatoms. The molecule has 0 saturated heterocycles. The number of hydrogen-bond donors (Lipinski definition) is 2. The number of benzene rings is 1. The summed E-state index contributed by atoms with van der Waals surface area (Å²) in [4.78, 5) is 11.5. The lowest BCUT2D eigenvalue weighted by atomic mass is 10.2. The van der Waals surface area contributed by atoms with Crippen molar-refractivity contribution in [3.05, 3.63) is 36.2 Å². The number of esters is 1. The van der Waals surface area contributed by atoms with Gasteiger partial charge >= 0.3 is 12.1 Å². The second-order valence-corrected chi connectivity index (χ2v) is 7.86. The summed E-state index contributed by atoms with van der Waals surface area (Å²) in [6, 6.07) is 5.52. The first kappa shape index (κ1) is 23.1. The van der Waals surface area contributed by atoms with Crippen molar-refractivity contribution in [2.45, 2.75) is 18.0 Å². The van der Waals surface area contributed by atoms with Gasteiger partial charge in [-0.1, -0.05) is 6.07 Å². The molecule has 2 aromatic rings. The monoisotopic (exact) mass is 446 g/mol. The van der Waals surface area contributed by atoms with Gasteiger partial charge in [-0.15, -0.1) is 10.2 Å². The van der Waals surface area contributed by atoms with E-state index in [0.717, 1.165) is 6.26 Å². The minimum atomic E-state index is -4.94. The molecule has 0 atom stereocenters. The fourth-order valence-corrected chi connectivity index (χ4v) is 2.77. The third-order valence-corrected chi connectivity index (χ3v) is 4.60. The van der Waals surface area contributed by atoms with Gasteiger partial charge in [0.2, 0.25) is 5.89 Å². The van der Waals surface area contributed by atoms with Gasteiger partial charge in [0.05, 0.1) is 11.5 Å². The molecule has 0 saturated carbocycles. The van der Waals surface area contributed by atoms with Crippen LogP contribution in [-0.2, 0) is 19.4 Å². The highest BCUT2D eigenvalue weighted by atomic mass is 32.2. The van der Waals surface area contributed by atoms with Crippen molar-refractivity contribution >= 4 is 27.2 Å². The van der Waals surface area contributed by atoms with E-state index in [1.54, 1.807) is 6.92 Å². The summed E-state index contributed by atoms with van der Waals surface area (Å²) in [5, 5.41) is 16.9. The Kier molecular flexibility index (Phi) is 6.97. The van der Waals surface area contributed by atoms with Crippen LogP contribution in [0.4, 0.5) is 13.2 Å². The highest BCUT2D eigenvalue weighted by Crippen LogP contribution is 2.24. The number of nitrogens with one attached hydrogen (secondary N) is 2. The van der Waals surface area contributed by atoms with Crippen LogP contribution in [0, 0.1) is 5.41 Å². The van der Waals surface area contributed by atoms with Gasteiger partial charge in [-0.2, -0.15) is 13.2 Å². The maximum Gasteiger partial charge on any atom is 0.432 e. The fourth-order valence-electron chi connectivity index (χ4n) is 2.10. The lowest BCUT2D eigenvalue weighted by Gasteiger charge is -2.09.